The lowest BCUT2D eigenvalue weighted by atomic mass is 10.0. The summed E-state index contributed by atoms with van der Waals surface area (Å²) in [5.41, 5.74) is 3.51. The van der Waals surface area contributed by atoms with E-state index in [-0.39, 0.29) is 0 Å². The molecule has 21 heavy (non-hydrogen) atoms. The summed E-state index contributed by atoms with van der Waals surface area (Å²) in [6.07, 6.45) is 1.75. The third kappa shape index (κ3) is 5.42. The molecular formula is C18H31NO2. The van der Waals surface area contributed by atoms with Crippen LogP contribution in [0.1, 0.15) is 49.5 Å². The highest BCUT2D eigenvalue weighted by Gasteiger charge is 2.19. The standard InChI is InChI=1S/C18H31NO2/c1-6-17(7-2)19(10-11-21-5)13-18(20)16-9-8-14(3)15(4)12-16/h8-9,12,17-18,20H,6-7,10-11,13H2,1-5H3. The summed E-state index contributed by atoms with van der Waals surface area (Å²) in [6.45, 7) is 10.8. The highest BCUT2D eigenvalue weighted by Crippen LogP contribution is 2.20. The molecular weight excluding hydrogens is 262 g/mol. The highest BCUT2D eigenvalue weighted by molar-refractivity contribution is 5.31. The van der Waals surface area contributed by atoms with Crippen LogP contribution in [0.4, 0.5) is 0 Å². The Morgan fingerprint density at radius 2 is 1.81 bits per heavy atom. The zero-order valence-electron chi connectivity index (χ0n) is 14.2. The predicted octanol–water partition coefficient (Wildman–Crippen LogP) is 3.47. The first-order valence-electron chi connectivity index (χ1n) is 8.01. The van der Waals surface area contributed by atoms with E-state index in [1.807, 2.05) is 6.07 Å². The molecule has 120 valence electrons. The summed E-state index contributed by atoms with van der Waals surface area (Å²) < 4.78 is 5.21. The van der Waals surface area contributed by atoms with E-state index in [2.05, 4.69) is 44.7 Å². The van der Waals surface area contributed by atoms with Gasteiger partial charge in [-0.2, -0.15) is 0 Å². The van der Waals surface area contributed by atoms with Crippen molar-refractivity contribution in [3.05, 3.63) is 34.9 Å². The first-order chi connectivity index (χ1) is 10.0. The second-order valence-electron chi connectivity index (χ2n) is 5.82. The van der Waals surface area contributed by atoms with Crippen molar-refractivity contribution in [3.8, 4) is 0 Å². The maximum atomic E-state index is 10.6. The number of hydrogen-bond acceptors (Lipinski definition) is 3. The fourth-order valence-corrected chi connectivity index (χ4v) is 2.74. The monoisotopic (exact) mass is 293 g/mol. The summed E-state index contributed by atoms with van der Waals surface area (Å²) >= 11 is 0. The third-order valence-corrected chi connectivity index (χ3v) is 4.36. The van der Waals surface area contributed by atoms with E-state index in [1.54, 1.807) is 7.11 Å². The molecule has 0 amide bonds. The van der Waals surface area contributed by atoms with Gasteiger partial charge >= 0.3 is 0 Å². The first-order valence-corrected chi connectivity index (χ1v) is 8.01. The van der Waals surface area contributed by atoms with Crippen LogP contribution in [0, 0.1) is 13.8 Å². The summed E-state index contributed by atoms with van der Waals surface area (Å²) in [4.78, 5) is 2.35. The van der Waals surface area contributed by atoms with E-state index in [9.17, 15) is 5.11 Å². The third-order valence-electron chi connectivity index (χ3n) is 4.36. The molecule has 0 radical (unpaired) electrons. The first kappa shape index (κ1) is 18.1. The largest absolute Gasteiger partial charge is 0.387 e. The average Bonchev–Trinajstić information content (AvgIpc) is 2.48. The number of nitrogens with zero attached hydrogens (tertiary/aromatic N) is 1. The molecule has 0 aromatic heterocycles. The highest BCUT2D eigenvalue weighted by atomic mass is 16.5. The second kappa shape index (κ2) is 9.19. The molecule has 1 atom stereocenters. The van der Waals surface area contributed by atoms with Crippen molar-refractivity contribution in [3.63, 3.8) is 0 Å². The van der Waals surface area contributed by atoms with Gasteiger partial charge in [0.2, 0.25) is 0 Å². The summed E-state index contributed by atoms with van der Waals surface area (Å²) in [7, 11) is 1.73. The van der Waals surface area contributed by atoms with Gasteiger partial charge in [0.15, 0.2) is 0 Å². The lowest BCUT2D eigenvalue weighted by Gasteiger charge is -2.32. The molecule has 0 bridgehead atoms. The smallest absolute Gasteiger partial charge is 0.0917 e. The summed E-state index contributed by atoms with van der Waals surface area (Å²) in [5, 5.41) is 10.6. The van der Waals surface area contributed by atoms with Crippen LogP contribution in [0.5, 0.6) is 0 Å². The Balaban J connectivity index is 2.78. The zero-order valence-corrected chi connectivity index (χ0v) is 14.2. The van der Waals surface area contributed by atoms with Crippen molar-refractivity contribution in [2.24, 2.45) is 0 Å². The number of aryl methyl sites for hydroxylation is 2. The lowest BCUT2D eigenvalue weighted by Crippen LogP contribution is -2.39. The minimum absolute atomic E-state index is 0.443. The van der Waals surface area contributed by atoms with Gasteiger partial charge in [-0.1, -0.05) is 32.0 Å². The fourth-order valence-electron chi connectivity index (χ4n) is 2.74. The fraction of sp³-hybridized carbons (Fsp3) is 0.667. The van der Waals surface area contributed by atoms with E-state index in [0.29, 0.717) is 19.2 Å². The molecule has 0 aliphatic rings. The molecule has 1 rings (SSSR count). The van der Waals surface area contributed by atoms with Crippen molar-refractivity contribution in [1.82, 2.24) is 4.90 Å². The molecule has 0 spiro atoms. The number of methoxy groups -OCH3 is 1. The van der Waals surface area contributed by atoms with Gasteiger partial charge in [0.25, 0.3) is 0 Å². The predicted molar refractivity (Wildman–Crippen MR) is 88.7 cm³/mol. The number of ether oxygens (including phenoxy) is 1. The minimum atomic E-state index is -0.443. The van der Waals surface area contributed by atoms with Crippen molar-refractivity contribution in [2.75, 3.05) is 26.8 Å². The molecule has 0 saturated heterocycles. The van der Waals surface area contributed by atoms with Gasteiger partial charge in [-0.05, 0) is 43.4 Å². The molecule has 1 aromatic carbocycles. The van der Waals surface area contributed by atoms with Crippen LogP contribution in [-0.2, 0) is 4.74 Å². The van der Waals surface area contributed by atoms with Crippen LogP contribution in [-0.4, -0.2) is 42.9 Å². The lowest BCUT2D eigenvalue weighted by molar-refractivity contribution is 0.0608. The maximum Gasteiger partial charge on any atom is 0.0917 e. The maximum absolute atomic E-state index is 10.6. The molecule has 0 heterocycles. The van der Waals surface area contributed by atoms with E-state index >= 15 is 0 Å². The Kier molecular flexibility index (Phi) is 7.94. The van der Waals surface area contributed by atoms with Gasteiger partial charge in [0.05, 0.1) is 12.7 Å². The van der Waals surface area contributed by atoms with E-state index in [1.165, 1.54) is 11.1 Å². The molecule has 0 fully saturated rings. The molecule has 3 nitrogen and oxygen atoms in total. The van der Waals surface area contributed by atoms with Gasteiger partial charge in [-0.3, -0.25) is 4.90 Å². The number of aliphatic hydroxyl groups excluding tert-OH is 1. The number of benzene rings is 1. The van der Waals surface area contributed by atoms with Gasteiger partial charge in [0, 0.05) is 26.2 Å². The van der Waals surface area contributed by atoms with Gasteiger partial charge < -0.3 is 9.84 Å². The number of rotatable bonds is 9. The molecule has 0 aliphatic heterocycles. The van der Waals surface area contributed by atoms with Gasteiger partial charge in [-0.15, -0.1) is 0 Å². The Morgan fingerprint density at radius 3 is 2.33 bits per heavy atom. The zero-order chi connectivity index (χ0) is 15.8. The van der Waals surface area contributed by atoms with Crippen molar-refractivity contribution < 1.29 is 9.84 Å². The van der Waals surface area contributed by atoms with Crippen molar-refractivity contribution in [2.45, 2.75) is 52.7 Å². The molecule has 1 N–H and O–H groups in total. The van der Waals surface area contributed by atoms with Crippen molar-refractivity contribution >= 4 is 0 Å². The van der Waals surface area contributed by atoms with Crippen LogP contribution in [0.2, 0.25) is 0 Å². The number of hydrogen-bond donors (Lipinski definition) is 1. The average molecular weight is 293 g/mol. The Labute approximate surface area is 129 Å². The van der Waals surface area contributed by atoms with Gasteiger partial charge in [0.1, 0.15) is 0 Å². The summed E-state index contributed by atoms with van der Waals surface area (Å²) in [5.74, 6) is 0. The second-order valence-corrected chi connectivity index (χ2v) is 5.82. The van der Waals surface area contributed by atoms with Crippen LogP contribution < -0.4 is 0 Å². The minimum Gasteiger partial charge on any atom is -0.387 e. The Morgan fingerprint density at radius 1 is 1.14 bits per heavy atom. The Hall–Kier alpha value is -0.900. The van der Waals surface area contributed by atoms with Crippen LogP contribution in [0.15, 0.2) is 18.2 Å². The SMILES string of the molecule is CCC(CC)N(CCOC)CC(O)c1ccc(C)c(C)c1. The number of aliphatic hydroxyl groups is 1. The van der Waals surface area contributed by atoms with Crippen molar-refractivity contribution in [1.29, 1.82) is 0 Å². The topological polar surface area (TPSA) is 32.7 Å². The molecule has 0 saturated carbocycles. The van der Waals surface area contributed by atoms with E-state index in [4.69, 9.17) is 4.74 Å². The van der Waals surface area contributed by atoms with Gasteiger partial charge in [-0.25, -0.2) is 0 Å². The van der Waals surface area contributed by atoms with E-state index in [0.717, 1.165) is 24.9 Å². The van der Waals surface area contributed by atoms with E-state index < -0.39 is 6.10 Å². The molecule has 0 aliphatic carbocycles. The van der Waals surface area contributed by atoms with Crippen LogP contribution >= 0.6 is 0 Å². The van der Waals surface area contributed by atoms with Crippen LogP contribution in [0.25, 0.3) is 0 Å². The Bertz CT molecular complexity index is 416. The normalized spacial score (nSPS) is 13.1. The molecule has 1 unspecified atom stereocenters. The quantitative estimate of drug-likeness (QED) is 0.756. The van der Waals surface area contributed by atoms with Crippen LogP contribution in [0.3, 0.4) is 0 Å². The summed E-state index contributed by atoms with van der Waals surface area (Å²) in [6, 6.07) is 6.72. The molecule has 1 aromatic rings. The molecule has 3 heteroatoms.